The number of amides is 1. The Balaban J connectivity index is 1.73. The fraction of sp³-hybridized carbons (Fsp3) is 0.467. The van der Waals surface area contributed by atoms with Crippen LogP contribution in [0.15, 0.2) is 24.3 Å². The van der Waals surface area contributed by atoms with E-state index in [1.165, 1.54) is 9.21 Å². The summed E-state index contributed by atoms with van der Waals surface area (Å²) in [5.41, 5.74) is 0.927. The minimum absolute atomic E-state index is 0.00355. The van der Waals surface area contributed by atoms with Crippen molar-refractivity contribution in [1.82, 2.24) is 4.90 Å². The van der Waals surface area contributed by atoms with Gasteiger partial charge < -0.3 is 14.7 Å². The average Bonchev–Trinajstić information content (AvgIpc) is 2.93. The molecule has 130 valence electrons. The number of carboxylic acids is 1. The third-order valence-electron chi connectivity index (χ3n) is 4.13. The monoisotopic (exact) mass is 354 g/mol. The second-order valence-electron chi connectivity index (χ2n) is 5.74. The fourth-order valence-corrected chi connectivity index (χ4v) is 4.43. The first-order valence-corrected chi connectivity index (χ1v) is 9.23. The van der Waals surface area contributed by atoms with Crippen molar-refractivity contribution in [1.29, 1.82) is 0 Å². The Morgan fingerprint density at radius 2 is 1.88 bits per heavy atom. The van der Waals surface area contributed by atoms with Crippen LogP contribution in [-0.4, -0.2) is 68.4 Å². The van der Waals surface area contributed by atoms with Gasteiger partial charge in [-0.1, -0.05) is 0 Å². The highest BCUT2D eigenvalue weighted by Gasteiger charge is 2.30. The molecule has 2 fully saturated rings. The van der Waals surface area contributed by atoms with Gasteiger partial charge in [0, 0.05) is 18.7 Å². The van der Waals surface area contributed by atoms with Gasteiger partial charge in [0.25, 0.3) is 5.91 Å². The molecule has 0 radical (unpaired) electrons. The zero-order valence-corrected chi connectivity index (χ0v) is 13.7. The van der Waals surface area contributed by atoms with Crippen LogP contribution >= 0.6 is 0 Å². The van der Waals surface area contributed by atoms with E-state index in [1.807, 2.05) is 0 Å². The summed E-state index contributed by atoms with van der Waals surface area (Å²) in [6.07, 6.45) is -0.426. The molecule has 1 aromatic carbocycles. The summed E-state index contributed by atoms with van der Waals surface area (Å²) >= 11 is 0. The summed E-state index contributed by atoms with van der Waals surface area (Å²) in [5, 5.41) is 8.99. The van der Waals surface area contributed by atoms with Gasteiger partial charge in [-0.3, -0.25) is 9.10 Å². The van der Waals surface area contributed by atoms with E-state index >= 15 is 0 Å². The zero-order valence-electron chi connectivity index (χ0n) is 12.9. The highest BCUT2D eigenvalue weighted by atomic mass is 32.2. The molecule has 24 heavy (non-hydrogen) atoms. The van der Waals surface area contributed by atoms with Gasteiger partial charge in [0.2, 0.25) is 10.0 Å². The van der Waals surface area contributed by atoms with Crippen LogP contribution in [0.1, 0.15) is 16.8 Å². The van der Waals surface area contributed by atoms with Crippen LogP contribution in [0.5, 0.6) is 0 Å². The van der Waals surface area contributed by atoms with Gasteiger partial charge in [-0.2, -0.15) is 0 Å². The van der Waals surface area contributed by atoms with E-state index in [0.29, 0.717) is 30.8 Å². The third-order valence-corrected chi connectivity index (χ3v) is 6.00. The van der Waals surface area contributed by atoms with Crippen molar-refractivity contribution in [3.05, 3.63) is 29.8 Å². The Kier molecular flexibility index (Phi) is 4.46. The van der Waals surface area contributed by atoms with Crippen molar-refractivity contribution in [2.75, 3.05) is 36.3 Å². The molecule has 0 unspecified atom stereocenters. The maximum atomic E-state index is 12.5. The molecule has 2 aliphatic rings. The number of hydrogen-bond donors (Lipinski definition) is 1. The standard InChI is InChI=1S/C15H18N2O6S/c18-14(16-7-8-23-13(10-16)15(19)20)11-2-4-12(5-3-11)17-6-1-9-24(17,21)22/h2-5,13H,1,6-10H2,(H,19,20)/t13-/m0/s1. The van der Waals surface area contributed by atoms with Gasteiger partial charge in [-0.15, -0.1) is 0 Å². The zero-order chi connectivity index (χ0) is 17.3. The minimum Gasteiger partial charge on any atom is -0.479 e. The van der Waals surface area contributed by atoms with Gasteiger partial charge in [-0.25, -0.2) is 13.2 Å². The first kappa shape index (κ1) is 16.7. The van der Waals surface area contributed by atoms with Crippen LogP contribution < -0.4 is 4.31 Å². The van der Waals surface area contributed by atoms with Crippen molar-refractivity contribution in [2.24, 2.45) is 0 Å². The maximum absolute atomic E-state index is 12.5. The van der Waals surface area contributed by atoms with Crippen LogP contribution in [0.25, 0.3) is 0 Å². The molecule has 0 aromatic heterocycles. The number of nitrogens with zero attached hydrogens (tertiary/aromatic N) is 2. The number of carbonyl (C=O) groups excluding carboxylic acids is 1. The molecule has 0 bridgehead atoms. The summed E-state index contributed by atoms with van der Waals surface area (Å²) in [6, 6.07) is 6.34. The van der Waals surface area contributed by atoms with Crippen molar-refractivity contribution in [3.63, 3.8) is 0 Å². The molecule has 8 nitrogen and oxygen atoms in total. The Morgan fingerprint density at radius 3 is 2.46 bits per heavy atom. The number of carboxylic acid groups (broad SMARTS) is 1. The predicted octanol–water partition coefficient (Wildman–Crippen LogP) is 0.152. The molecule has 0 spiro atoms. The summed E-state index contributed by atoms with van der Waals surface area (Å²) in [4.78, 5) is 24.9. The molecule has 2 heterocycles. The smallest absolute Gasteiger partial charge is 0.334 e. The van der Waals surface area contributed by atoms with E-state index < -0.39 is 22.1 Å². The number of aliphatic carboxylic acids is 1. The van der Waals surface area contributed by atoms with Gasteiger partial charge in [0.1, 0.15) is 0 Å². The Labute approximate surface area is 139 Å². The number of benzene rings is 1. The summed E-state index contributed by atoms with van der Waals surface area (Å²) in [7, 11) is -3.25. The summed E-state index contributed by atoms with van der Waals surface area (Å²) < 4.78 is 30.3. The topological polar surface area (TPSA) is 104 Å². The quantitative estimate of drug-likeness (QED) is 0.829. The average molecular weight is 354 g/mol. The van der Waals surface area contributed by atoms with Crippen molar-refractivity contribution >= 4 is 27.6 Å². The Hall–Kier alpha value is -2.13. The molecule has 1 N–H and O–H groups in total. The number of carbonyl (C=O) groups is 2. The van der Waals surface area contributed by atoms with E-state index in [-0.39, 0.29) is 24.8 Å². The third kappa shape index (κ3) is 3.22. The van der Waals surface area contributed by atoms with Gasteiger partial charge >= 0.3 is 5.97 Å². The van der Waals surface area contributed by atoms with Crippen molar-refractivity contribution < 1.29 is 27.9 Å². The second-order valence-corrected chi connectivity index (χ2v) is 7.75. The molecule has 1 amide bonds. The molecule has 9 heteroatoms. The molecule has 1 aromatic rings. The van der Waals surface area contributed by atoms with E-state index in [1.54, 1.807) is 24.3 Å². The van der Waals surface area contributed by atoms with E-state index in [0.717, 1.165) is 0 Å². The largest absolute Gasteiger partial charge is 0.479 e. The second kappa shape index (κ2) is 6.40. The number of anilines is 1. The Bertz CT molecular complexity index is 746. The number of ether oxygens (including phenoxy) is 1. The number of sulfonamides is 1. The van der Waals surface area contributed by atoms with Gasteiger partial charge in [0.15, 0.2) is 6.10 Å². The van der Waals surface area contributed by atoms with Crippen LogP contribution in [-0.2, 0) is 19.6 Å². The molecular formula is C15H18N2O6S. The summed E-state index contributed by atoms with van der Waals surface area (Å²) in [6.45, 7) is 0.938. The predicted molar refractivity (Wildman–Crippen MR) is 85.5 cm³/mol. The lowest BCUT2D eigenvalue weighted by Crippen LogP contribution is -2.48. The molecule has 0 saturated carbocycles. The lowest BCUT2D eigenvalue weighted by atomic mass is 10.1. The van der Waals surface area contributed by atoms with Crippen LogP contribution in [0.2, 0.25) is 0 Å². The first-order valence-electron chi connectivity index (χ1n) is 7.63. The summed E-state index contributed by atoms with van der Waals surface area (Å²) in [5.74, 6) is -1.25. The molecular weight excluding hydrogens is 336 g/mol. The normalized spacial score (nSPS) is 23.2. The lowest BCUT2D eigenvalue weighted by molar-refractivity contribution is -0.154. The molecule has 2 saturated heterocycles. The molecule has 1 atom stereocenters. The lowest BCUT2D eigenvalue weighted by Gasteiger charge is -2.31. The van der Waals surface area contributed by atoms with Crippen LogP contribution in [0, 0.1) is 0 Å². The molecule has 0 aliphatic carbocycles. The van der Waals surface area contributed by atoms with Gasteiger partial charge in [-0.05, 0) is 30.7 Å². The SMILES string of the molecule is O=C(O)[C@@H]1CN(C(=O)c2ccc(N3CCCS3(=O)=O)cc2)CCO1. The number of morpholine rings is 1. The van der Waals surface area contributed by atoms with Crippen molar-refractivity contribution in [3.8, 4) is 0 Å². The van der Waals surface area contributed by atoms with E-state index in [2.05, 4.69) is 0 Å². The first-order chi connectivity index (χ1) is 11.4. The molecule has 3 rings (SSSR count). The fourth-order valence-electron chi connectivity index (χ4n) is 2.87. The molecule has 2 aliphatic heterocycles. The minimum atomic E-state index is -3.25. The highest BCUT2D eigenvalue weighted by molar-refractivity contribution is 7.93. The number of hydrogen-bond acceptors (Lipinski definition) is 5. The van der Waals surface area contributed by atoms with Crippen molar-refractivity contribution in [2.45, 2.75) is 12.5 Å². The highest BCUT2D eigenvalue weighted by Crippen LogP contribution is 2.24. The Morgan fingerprint density at radius 1 is 1.17 bits per heavy atom. The van der Waals surface area contributed by atoms with E-state index in [4.69, 9.17) is 9.84 Å². The maximum Gasteiger partial charge on any atom is 0.334 e. The van der Waals surface area contributed by atoms with Crippen LogP contribution in [0.3, 0.4) is 0 Å². The van der Waals surface area contributed by atoms with Gasteiger partial charge in [0.05, 0.1) is 24.6 Å². The van der Waals surface area contributed by atoms with Crippen LogP contribution in [0.4, 0.5) is 5.69 Å². The number of rotatable bonds is 3. The van der Waals surface area contributed by atoms with E-state index in [9.17, 15) is 18.0 Å².